The molecule has 1 aromatic heterocycles. The number of halogens is 2. The van der Waals surface area contributed by atoms with Crippen LogP contribution in [0.25, 0.3) is 5.69 Å². The smallest absolute Gasteiger partial charge is 0.0998 e. The molecule has 1 atom stereocenters. The second-order valence-corrected chi connectivity index (χ2v) is 4.54. The van der Waals surface area contributed by atoms with Crippen molar-refractivity contribution in [3.63, 3.8) is 0 Å². The van der Waals surface area contributed by atoms with Crippen LogP contribution < -0.4 is 5.32 Å². The Kier molecular flexibility index (Phi) is 3.66. The van der Waals surface area contributed by atoms with Gasteiger partial charge in [-0.25, -0.2) is 4.68 Å². The Hall–Kier alpha value is -1.10. The zero-order valence-electron chi connectivity index (χ0n) is 9.48. The predicted molar refractivity (Wildman–Crippen MR) is 68.9 cm³/mol. The maximum Gasteiger partial charge on any atom is 0.0998 e. The number of hydrogen-bond acceptors (Lipinski definition) is 3. The normalized spacial score (nSPS) is 12.7. The van der Waals surface area contributed by atoms with E-state index < -0.39 is 0 Å². The van der Waals surface area contributed by atoms with Crippen LogP contribution in [0.15, 0.2) is 24.4 Å². The largest absolute Gasteiger partial charge is 0.312 e. The van der Waals surface area contributed by atoms with Crippen LogP contribution in [-0.2, 0) is 0 Å². The minimum Gasteiger partial charge on any atom is -0.312 e. The molecule has 0 amide bonds. The van der Waals surface area contributed by atoms with E-state index in [9.17, 15) is 0 Å². The molecule has 90 valence electrons. The zero-order valence-corrected chi connectivity index (χ0v) is 11.0. The molecule has 0 radical (unpaired) electrons. The topological polar surface area (TPSA) is 42.7 Å². The van der Waals surface area contributed by atoms with Crippen LogP contribution in [0.1, 0.15) is 18.7 Å². The average Bonchev–Trinajstić information content (AvgIpc) is 2.77. The molecule has 1 N–H and O–H groups in total. The van der Waals surface area contributed by atoms with Gasteiger partial charge in [-0.15, -0.1) is 5.10 Å². The number of nitrogens with one attached hydrogen (secondary N) is 1. The summed E-state index contributed by atoms with van der Waals surface area (Å²) in [6, 6.07) is 5.41. The summed E-state index contributed by atoms with van der Waals surface area (Å²) in [5.74, 6) is 0. The van der Waals surface area contributed by atoms with Gasteiger partial charge in [-0.2, -0.15) is 0 Å². The highest BCUT2D eigenvalue weighted by Crippen LogP contribution is 2.24. The molecule has 1 unspecified atom stereocenters. The summed E-state index contributed by atoms with van der Waals surface area (Å²) in [7, 11) is 1.87. The van der Waals surface area contributed by atoms with E-state index >= 15 is 0 Å². The lowest BCUT2D eigenvalue weighted by Gasteiger charge is -2.05. The lowest BCUT2D eigenvalue weighted by Crippen LogP contribution is -2.12. The van der Waals surface area contributed by atoms with Gasteiger partial charge in [-0.1, -0.05) is 28.4 Å². The maximum atomic E-state index is 6.10. The first-order valence-corrected chi connectivity index (χ1v) is 5.92. The number of rotatable bonds is 3. The first kappa shape index (κ1) is 12.4. The van der Waals surface area contributed by atoms with Gasteiger partial charge in [-0.3, -0.25) is 0 Å². The Morgan fingerprint density at radius 3 is 2.76 bits per heavy atom. The van der Waals surface area contributed by atoms with Crippen molar-refractivity contribution >= 4 is 23.2 Å². The lowest BCUT2D eigenvalue weighted by atomic mass is 10.2. The maximum absolute atomic E-state index is 6.10. The highest BCUT2D eigenvalue weighted by atomic mass is 35.5. The molecular formula is C11H12Cl2N4. The molecule has 0 aliphatic carbocycles. The second kappa shape index (κ2) is 5.04. The van der Waals surface area contributed by atoms with Crippen molar-refractivity contribution in [3.05, 3.63) is 40.1 Å². The number of aromatic nitrogens is 3. The van der Waals surface area contributed by atoms with Gasteiger partial charge < -0.3 is 5.32 Å². The zero-order chi connectivity index (χ0) is 12.4. The number of benzene rings is 1. The lowest BCUT2D eigenvalue weighted by molar-refractivity contribution is 0.630. The first-order chi connectivity index (χ1) is 8.11. The predicted octanol–water partition coefficient (Wildman–Crippen LogP) is 2.85. The van der Waals surface area contributed by atoms with E-state index in [2.05, 4.69) is 15.6 Å². The molecule has 0 saturated carbocycles. The van der Waals surface area contributed by atoms with Crippen molar-refractivity contribution in [2.45, 2.75) is 13.0 Å². The van der Waals surface area contributed by atoms with Crippen LogP contribution in [0, 0.1) is 0 Å². The molecule has 0 aliphatic heterocycles. The van der Waals surface area contributed by atoms with Crippen LogP contribution in [0.3, 0.4) is 0 Å². The van der Waals surface area contributed by atoms with E-state index in [0.717, 1.165) is 11.4 Å². The van der Waals surface area contributed by atoms with Crippen molar-refractivity contribution in [3.8, 4) is 5.69 Å². The molecule has 0 fully saturated rings. The third-order valence-electron chi connectivity index (χ3n) is 2.54. The van der Waals surface area contributed by atoms with Gasteiger partial charge in [0.2, 0.25) is 0 Å². The van der Waals surface area contributed by atoms with E-state index in [-0.39, 0.29) is 6.04 Å². The van der Waals surface area contributed by atoms with E-state index in [0.29, 0.717) is 10.0 Å². The molecule has 0 saturated heterocycles. The second-order valence-electron chi connectivity index (χ2n) is 3.69. The summed E-state index contributed by atoms with van der Waals surface area (Å²) >= 11 is 11.9. The fourth-order valence-corrected chi connectivity index (χ4v) is 1.90. The third-order valence-corrected chi connectivity index (χ3v) is 3.08. The standard InChI is InChI=1S/C11H12Cl2N4/c1-7(14-2)10-6-17(16-15-10)11-4-3-8(12)5-9(11)13/h3-7,14H,1-2H3. The van der Waals surface area contributed by atoms with Crippen molar-refractivity contribution in [1.29, 1.82) is 0 Å². The van der Waals surface area contributed by atoms with Crippen LogP contribution in [0.4, 0.5) is 0 Å². The molecular weight excluding hydrogens is 259 g/mol. The Morgan fingerprint density at radius 1 is 1.35 bits per heavy atom. The van der Waals surface area contributed by atoms with Crippen LogP contribution in [0.5, 0.6) is 0 Å². The molecule has 0 spiro atoms. The van der Waals surface area contributed by atoms with Crippen LogP contribution in [-0.4, -0.2) is 22.0 Å². The first-order valence-electron chi connectivity index (χ1n) is 5.16. The Labute approximate surface area is 110 Å². The van der Waals surface area contributed by atoms with Crippen molar-refractivity contribution in [2.75, 3.05) is 7.05 Å². The SMILES string of the molecule is CNC(C)c1cn(-c2ccc(Cl)cc2Cl)nn1. The Bertz CT molecular complexity index is 524. The van der Waals surface area contributed by atoms with Crippen LogP contribution >= 0.6 is 23.2 Å². The molecule has 0 bridgehead atoms. The van der Waals surface area contributed by atoms with Gasteiger partial charge in [-0.05, 0) is 32.2 Å². The molecule has 17 heavy (non-hydrogen) atoms. The molecule has 2 aromatic rings. The average molecular weight is 271 g/mol. The molecule has 1 heterocycles. The van der Waals surface area contributed by atoms with E-state index in [4.69, 9.17) is 23.2 Å². The van der Waals surface area contributed by atoms with Gasteiger partial charge in [0, 0.05) is 11.1 Å². The molecule has 6 heteroatoms. The Morgan fingerprint density at radius 2 is 2.12 bits per heavy atom. The molecule has 4 nitrogen and oxygen atoms in total. The number of nitrogens with zero attached hydrogens (tertiary/aromatic N) is 3. The van der Waals surface area contributed by atoms with E-state index in [1.165, 1.54) is 0 Å². The summed E-state index contributed by atoms with van der Waals surface area (Å²) < 4.78 is 1.64. The van der Waals surface area contributed by atoms with Gasteiger partial charge in [0.05, 0.1) is 22.6 Å². The summed E-state index contributed by atoms with van der Waals surface area (Å²) in [5.41, 5.74) is 1.62. The quantitative estimate of drug-likeness (QED) is 0.933. The fourth-order valence-electron chi connectivity index (χ4n) is 1.41. The highest BCUT2D eigenvalue weighted by molar-refractivity contribution is 6.35. The van der Waals surface area contributed by atoms with Crippen molar-refractivity contribution in [2.24, 2.45) is 0 Å². The van der Waals surface area contributed by atoms with Gasteiger partial charge in [0.1, 0.15) is 0 Å². The van der Waals surface area contributed by atoms with Gasteiger partial charge in [0.15, 0.2) is 0 Å². The fraction of sp³-hybridized carbons (Fsp3) is 0.273. The van der Waals surface area contributed by atoms with Crippen molar-refractivity contribution < 1.29 is 0 Å². The van der Waals surface area contributed by atoms with Gasteiger partial charge >= 0.3 is 0 Å². The van der Waals surface area contributed by atoms with E-state index in [1.807, 2.05) is 26.2 Å². The molecule has 2 rings (SSSR count). The third kappa shape index (κ3) is 2.60. The van der Waals surface area contributed by atoms with E-state index in [1.54, 1.807) is 16.8 Å². The summed E-state index contributed by atoms with van der Waals surface area (Å²) in [4.78, 5) is 0. The van der Waals surface area contributed by atoms with Crippen molar-refractivity contribution in [1.82, 2.24) is 20.3 Å². The summed E-state index contributed by atoms with van der Waals surface area (Å²) in [5, 5.41) is 12.4. The minimum absolute atomic E-state index is 0.148. The minimum atomic E-state index is 0.148. The Balaban J connectivity index is 2.37. The monoisotopic (exact) mass is 270 g/mol. The number of hydrogen-bond donors (Lipinski definition) is 1. The highest BCUT2D eigenvalue weighted by Gasteiger charge is 2.10. The van der Waals surface area contributed by atoms with Crippen LogP contribution in [0.2, 0.25) is 10.0 Å². The molecule has 1 aromatic carbocycles. The van der Waals surface area contributed by atoms with Gasteiger partial charge in [0.25, 0.3) is 0 Å². The summed E-state index contributed by atoms with van der Waals surface area (Å²) in [6.07, 6.45) is 1.84. The summed E-state index contributed by atoms with van der Waals surface area (Å²) in [6.45, 7) is 2.01. The molecule has 0 aliphatic rings.